The lowest BCUT2D eigenvalue weighted by Crippen LogP contribution is -2.52. The predicted octanol–water partition coefficient (Wildman–Crippen LogP) is 1.15. The van der Waals surface area contributed by atoms with Gasteiger partial charge >= 0.3 is 0 Å². The summed E-state index contributed by atoms with van der Waals surface area (Å²) >= 11 is 0. The number of hydrogen-bond donors (Lipinski definition) is 0. The molecule has 1 aromatic heterocycles. The Morgan fingerprint density at radius 1 is 1.38 bits per heavy atom. The van der Waals surface area contributed by atoms with Gasteiger partial charge in [0.2, 0.25) is 5.91 Å². The lowest BCUT2D eigenvalue weighted by molar-refractivity contribution is -0.136. The van der Waals surface area contributed by atoms with Crippen molar-refractivity contribution in [2.24, 2.45) is 5.92 Å². The Hall–Kier alpha value is -1.46. The number of carbonyl (C=O) groups is 1. The van der Waals surface area contributed by atoms with Crippen LogP contribution in [0, 0.1) is 5.92 Å². The molecule has 114 valence electrons. The van der Waals surface area contributed by atoms with E-state index in [4.69, 9.17) is 4.74 Å². The summed E-state index contributed by atoms with van der Waals surface area (Å²) < 4.78 is 5.66. The number of aromatic nitrogens is 1. The third-order valence-corrected chi connectivity index (χ3v) is 4.80. The van der Waals surface area contributed by atoms with Crippen LogP contribution in [0.25, 0.3) is 0 Å². The van der Waals surface area contributed by atoms with E-state index in [-0.39, 0.29) is 12.0 Å². The number of amides is 1. The molecule has 0 saturated carbocycles. The van der Waals surface area contributed by atoms with Crippen LogP contribution < -0.4 is 0 Å². The van der Waals surface area contributed by atoms with Gasteiger partial charge in [-0.2, -0.15) is 0 Å². The number of nitrogens with zero attached hydrogens (tertiary/aromatic N) is 3. The van der Waals surface area contributed by atoms with E-state index in [1.54, 1.807) is 14.0 Å². The third-order valence-electron chi connectivity index (χ3n) is 4.80. The summed E-state index contributed by atoms with van der Waals surface area (Å²) in [4.78, 5) is 20.4. The fraction of sp³-hybridized carbons (Fsp3) is 0.625. The topological polar surface area (TPSA) is 45.7 Å². The van der Waals surface area contributed by atoms with Crippen LogP contribution in [-0.4, -0.2) is 59.6 Å². The average molecular weight is 289 g/mol. The van der Waals surface area contributed by atoms with Crippen molar-refractivity contribution in [3.63, 3.8) is 0 Å². The van der Waals surface area contributed by atoms with E-state index in [2.05, 4.69) is 22.0 Å². The molecule has 5 nitrogen and oxygen atoms in total. The van der Waals surface area contributed by atoms with Crippen LogP contribution in [0.3, 0.4) is 0 Å². The number of piperidine rings is 1. The first kappa shape index (κ1) is 14.5. The lowest BCUT2D eigenvalue weighted by atomic mass is 9.89. The SMILES string of the molecule is CO[C@H]1CCN(C(C)=O)[C@@H]2CN(Cc3ccncc3)C[C@H]12. The van der Waals surface area contributed by atoms with Crippen LogP contribution >= 0.6 is 0 Å². The summed E-state index contributed by atoms with van der Waals surface area (Å²) in [6, 6.07) is 4.40. The van der Waals surface area contributed by atoms with Gasteiger partial charge in [0.1, 0.15) is 0 Å². The Kier molecular flexibility index (Phi) is 4.22. The van der Waals surface area contributed by atoms with E-state index in [0.717, 1.165) is 32.6 Å². The lowest BCUT2D eigenvalue weighted by Gasteiger charge is -2.40. The Morgan fingerprint density at radius 2 is 2.14 bits per heavy atom. The van der Waals surface area contributed by atoms with Gasteiger partial charge in [-0.25, -0.2) is 0 Å². The molecule has 0 spiro atoms. The monoisotopic (exact) mass is 289 g/mol. The van der Waals surface area contributed by atoms with E-state index < -0.39 is 0 Å². The predicted molar refractivity (Wildman–Crippen MR) is 79.6 cm³/mol. The van der Waals surface area contributed by atoms with Crippen molar-refractivity contribution in [1.29, 1.82) is 0 Å². The van der Waals surface area contributed by atoms with Gasteiger partial charge in [-0.3, -0.25) is 14.7 Å². The molecule has 0 unspecified atom stereocenters. The van der Waals surface area contributed by atoms with Gasteiger partial charge in [0, 0.05) is 58.5 Å². The van der Waals surface area contributed by atoms with Gasteiger partial charge in [-0.05, 0) is 24.1 Å². The smallest absolute Gasteiger partial charge is 0.219 e. The summed E-state index contributed by atoms with van der Waals surface area (Å²) in [7, 11) is 1.79. The number of rotatable bonds is 3. The second-order valence-electron chi connectivity index (χ2n) is 6.06. The van der Waals surface area contributed by atoms with Crippen molar-refractivity contribution in [2.75, 3.05) is 26.7 Å². The zero-order valence-electron chi connectivity index (χ0n) is 12.7. The Balaban J connectivity index is 1.72. The number of pyridine rings is 1. The Morgan fingerprint density at radius 3 is 2.81 bits per heavy atom. The van der Waals surface area contributed by atoms with Gasteiger partial charge in [0.25, 0.3) is 0 Å². The summed E-state index contributed by atoms with van der Waals surface area (Å²) in [5.41, 5.74) is 1.27. The van der Waals surface area contributed by atoms with Crippen molar-refractivity contribution < 1.29 is 9.53 Å². The van der Waals surface area contributed by atoms with Crippen LogP contribution in [0.15, 0.2) is 24.5 Å². The number of methoxy groups -OCH3 is 1. The molecule has 2 aliphatic rings. The van der Waals surface area contributed by atoms with Gasteiger partial charge < -0.3 is 9.64 Å². The van der Waals surface area contributed by atoms with E-state index in [1.165, 1.54) is 5.56 Å². The van der Waals surface area contributed by atoms with E-state index in [9.17, 15) is 4.79 Å². The fourth-order valence-electron chi connectivity index (χ4n) is 3.79. The molecule has 0 N–H and O–H groups in total. The molecule has 21 heavy (non-hydrogen) atoms. The molecule has 3 atom stereocenters. The molecule has 2 fully saturated rings. The average Bonchev–Trinajstić information content (AvgIpc) is 2.90. The maximum absolute atomic E-state index is 11.9. The molecular formula is C16H23N3O2. The molecule has 0 bridgehead atoms. The van der Waals surface area contributed by atoms with Gasteiger partial charge in [-0.15, -0.1) is 0 Å². The normalized spacial score (nSPS) is 29.4. The number of likely N-dealkylation sites (tertiary alicyclic amines) is 2. The van der Waals surface area contributed by atoms with Crippen molar-refractivity contribution in [3.05, 3.63) is 30.1 Å². The zero-order valence-corrected chi connectivity index (χ0v) is 12.7. The zero-order chi connectivity index (χ0) is 14.8. The molecule has 1 aromatic rings. The summed E-state index contributed by atoms with van der Waals surface area (Å²) in [5, 5.41) is 0. The van der Waals surface area contributed by atoms with Crippen molar-refractivity contribution in [1.82, 2.24) is 14.8 Å². The van der Waals surface area contributed by atoms with E-state index in [0.29, 0.717) is 12.0 Å². The highest BCUT2D eigenvalue weighted by atomic mass is 16.5. The van der Waals surface area contributed by atoms with Crippen LogP contribution in [-0.2, 0) is 16.1 Å². The highest BCUT2D eigenvalue weighted by Gasteiger charge is 2.45. The van der Waals surface area contributed by atoms with Gasteiger partial charge in [0.05, 0.1) is 12.1 Å². The fourth-order valence-corrected chi connectivity index (χ4v) is 3.79. The third kappa shape index (κ3) is 2.94. The standard InChI is InChI=1S/C16H23N3O2/c1-12(20)19-8-5-16(21-2)14-10-18(11-15(14)19)9-13-3-6-17-7-4-13/h3-4,6-7,14-16H,5,8-11H2,1-2H3/t14-,15+,16-/m0/s1. The largest absolute Gasteiger partial charge is 0.381 e. The minimum absolute atomic E-state index is 0.185. The molecule has 0 aromatic carbocycles. The molecule has 2 saturated heterocycles. The Bertz CT molecular complexity index is 494. The van der Waals surface area contributed by atoms with Crippen LogP contribution in [0.1, 0.15) is 18.9 Å². The first-order chi connectivity index (χ1) is 10.2. The van der Waals surface area contributed by atoms with E-state index in [1.807, 2.05) is 17.3 Å². The second kappa shape index (κ2) is 6.12. The number of hydrogen-bond acceptors (Lipinski definition) is 4. The quantitative estimate of drug-likeness (QED) is 0.837. The molecule has 3 rings (SSSR count). The molecule has 0 radical (unpaired) electrons. The number of fused-ring (bicyclic) bond motifs is 1. The maximum Gasteiger partial charge on any atom is 0.219 e. The van der Waals surface area contributed by atoms with E-state index >= 15 is 0 Å². The molecule has 2 aliphatic heterocycles. The molecule has 3 heterocycles. The molecule has 1 amide bonds. The van der Waals surface area contributed by atoms with Crippen LogP contribution in [0.4, 0.5) is 0 Å². The summed E-state index contributed by atoms with van der Waals surface area (Å²) in [5.74, 6) is 0.611. The van der Waals surface area contributed by atoms with Crippen LogP contribution in [0.5, 0.6) is 0 Å². The second-order valence-corrected chi connectivity index (χ2v) is 6.06. The highest BCUT2D eigenvalue weighted by Crippen LogP contribution is 2.33. The van der Waals surface area contributed by atoms with Crippen LogP contribution in [0.2, 0.25) is 0 Å². The molecule has 0 aliphatic carbocycles. The minimum atomic E-state index is 0.185. The van der Waals surface area contributed by atoms with Crippen molar-refractivity contribution >= 4 is 5.91 Å². The van der Waals surface area contributed by atoms with Gasteiger partial charge in [0.15, 0.2) is 0 Å². The molecular weight excluding hydrogens is 266 g/mol. The van der Waals surface area contributed by atoms with Crippen molar-refractivity contribution in [3.8, 4) is 0 Å². The summed E-state index contributed by atoms with van der Waals surface area (Å²) in [6.07, 6.45) is 4.88. The molecule has 5 heteroatoms. The first-order valence-corrected chi connectivity index (χ1v) is 7.60. The van der Waals surface area contributed by atoms with Crippen molar-refractivity contribution in [2.45, 2.75) is 32.0 Å². The summed E-state index contributed by atoms with van der Waals surface area (Å²) in [6.45, 7) is 5.34. The number of carbonyl (C=O) groups excluding carboxylic acids is 1. The maximum atomic E-state index is 11.9. The highest BCUT2D eigenvalue weighted by molar-refractivity contribution is 5.73. The Labute approximate surface area is 125 Å². The first-order valence-electron chi connectivity index (χ1n) is 7.60. The minimum Gasteiger partial charge on any atom is -0.381 e. The van der Waals surface area contributed by atoms with Gasteiger partial charge in [-0.1, -0.05) is 0 Å². The number of ether oxygens (including phenoxy) is 1.